The highest BCUT2D eigenvalue weighted by atomic mass is 31.2. The summed E-state index contributed by atoms with van der Waals surface area (Å²) in [5.74, 6) is -0.365. The van der Waals surface area contributed by atoms with Crippen LogP contribution >= 0.6 is 7.60 Å². The van der Waals surface area contributed by atoms with E-state index in [1.54, 1.807) is 18.7 Å². The topological polar surface area (TPSA) is 77.8 Å². The van der Waals surface area contributed by atoms with Crippen LogP contribution in [0.25, 0.3) is 0 Å². The summed E-state index contributed by atoms with van der Waals surface area (Å²) >= 11 is 0. The van der Waals surface area contributed by atoms with Gasteiger partial charge in [0.1, 0.15) is 5.16 Å². The van der Waals surface area contributed by atoms with Crippen molar-refractivity contribution in [3.63, 3.8) is 0 Å². The predicted molar refractivity (Wildman–Crippen MR) is 65.8 cm³/mol. The third-order valence-corrected chi connectivity index (χ3v) is 5.71. The quantitative estimate of drug-likeness (QED) is 0.757. The largest absolute Gasteiger partial charge is 0.342 e. The Kier molecular flexibility index (Phi) is 4.76. The summed E-state index contributed by atoms with van der Waals surface area (Å²) in [6.45, 7) is 4.59. The van der Waals surface area contributed by atoms with E-state index in [4.69, 9.17) is 0 Å². The van der Waals surface area contributed by atoms with Gasteiger partial charge in [0.05, 0.1) is 0 Å². The number of likely N-dealkylation sites (tertiary alicyclic amines) is 1. The van der Waals surface area contributed by atoms with Crippen LogP contribution in [0.4, 0.5) is 0 Å². The molecule has 6 heteroatoms. The van der Waals surface area contributed by atoms with Gasteiger partial charge in [-0.1, -0.05) is 13.8 Å². The molecular formula is C11H22NO4P. The highest BCUT2D eigenvalue weighted by Gasteiger charge is 2.52. The van der Waals surface area contributed by atoms with Crippen molar-refractivity contribution in [1.82, 2.24) is 4.90 Å². The van der Waals surface area contributed by atoms with Crippen molar-refractivity contribution >= 4 is 13.5 Å². The minimum absolute atomic E-state index is 0.184. The number of hydrogen-bond donors (Lipinski definition) is 2. The van der Waals surface area contributed by atoms with E-state index in [1.165, 1.54) is 0 Å². The lowest BCUT2D eigenvalue weighted by atomic mass is 9.98. The van der Waals surface area contributed by atoms with E-state index in [2.05, 4.69) is 0 Å². The zero-order valence-corrected chi connectivity index (χ0v) is 11.4. The second-order valence-corrected chi connectivity index (χ2v) is 6.58. The minimum atomic E-state index is -4.42. The SMILES string of the molecule is CCC(CC)(C(=O)N1CCCCC1)P(=O)(O)O. The molecule has 1 aliphatic heterocycles. The Balaban J connectivity index is 2.98. The normalized spacial score (nSPS) is 18.2. The number of rotatable bonds is 4. The monoisotopic (exact) mass is 263 g/mol. The van der Waals surface area contributed by atoms with Crippen molar-refractivity contribution < 1.29 is 19.1 Å². The van der Waals surface area contributed by atoms with E-state index >= 15 is 0 Å². The van der Waals surface area contributed by atoms with Gasteiger partial charge in [0, 0.05) is 13.1 Å². The summed E-state index contributed by atoms with van der Waals surface area (Å²) in [6, 6.07) is 0. The van der Waals surface area contributed by atoms with Crippen LogP contribution in [0.5, 0.6) is 0 Å². The van der Waals surface area contributed by atoms with Crippen LogP contribution in [0.2, 0.25) is 0 Å². The summed E-state index contributed by atoms with van der Waals surface area (Å²) in [5, 5.41) is -1.51. The first-order chi connectivity index (χ1) is 7.89. The number of carbonyl (C=O) groups is 1. The molecule has 0 aliphatic carbocycles. The second-order valence-electron chi connectivity index (χ2n) is 4.64. The van der Waals surface area contributed by atoms with Gasteiger partial charge in [-0.15, -0.1) is 0 Å². The van der Waals surface area contributed by atoms with Crippen LogP contribution in [-0.4, -0.2) is 38.8 Å². The van der Waals surface area contributed by atoms with Crippen molar-refractivity contribution in [3.05, 3.63) is 0 Å². The lowest BCUT2D eigenvalue weighted by molar-refractivity contribution is -0.135. The number of amides is 1. The van der Waals surface area contributed by atoms with Crippen LogP contribution in [0.3, 0.4) is 0 Å². The molecule has 1 rings (SSSR count). The van der Waals surface area contributed by atoms with E-state index in [0.717, 1.165) is 19.3 Å². The molecule has 100 valence electrons. The lowest BCUT2D eigenvalue weighted by Crippen LogP contribution is -2.49. The average Bonchev–Trinajstić information content (AvgIpc) is 2.30. The van der Waals surface area contributed by atoms with Gasteiger partial charge < -0.3 is 14.7 Å². The molecule has 1 fully saturated rings. The van der Waals surface area contributed by atoms with E-state index in [9.17, 15) is 19.1 Å². The van der Waals surface area contributed by atoms with Gasteiger partial charge in [-0.05, 0) is 32.1 Å². The van der Waals surface area contributed by atoms with E-state index < -0.39 is 12.8 Å². The number of carbonyl (C=O) groups excluding carboxylic acids is 1. The van der Waals surface area contributed by atoms with Gasteiger partial charge in [0.15, 0.2) is 0 Å². The van der Waals surface area contributed by atoms with E-state index in [1.807, 2.05) is 0 Å². The molecule has 17 heavy (non-hydrogen) atoms. The molecular weight excluding hydrogens is 241 g/mol. The fourth-order valence-electron chi connectivity index (χ4n) is 2.48. The van der Waals surface area contributed by atoms with Crippen LogP contribution in [0.15, 0.2) is 0 Å². The summed E-state index contributed by atoms with van der Waals surface area (Å²) < 4.78 is 11.6. The Bertz CT molecular complexity index is 315. The maximum atomic E-state index is 12.4. The Morgan fingerprint density at radius 3 is 2.00 bits per heavy atom. The molecule has 1 amide bonds. The molecule has 0 radical (unpaired) electrons. The van der Waals surface area contributed by atoms with Crippen molar-refractivity contribution in [2.45, 2.75) is 51.1 Å². The van der Waals surface area contributed by atoms with Gasteiger partial charge in [-0.3, -0.25) is 9.36 Å². The molecule has 0 atom stereocenters. The van der Waals surface area contributed by atoms with Crippen molar-refractivity contribution in [1.29, 1.82) is 0 Å². The smallest absolute Gasteiger partial charge is 0.340 e. The Morgan fingerprint density at radius 1 is 1.18 bits per heavy atom. The third-order valence-electron chi connectivity index (χ3n) is 3.77. The highest BCUT2D eigenvalue weighted by molar-refractivity contribution is 7.54. The first kappa shape index (κ1) is 14.7. The zero-order chi connectivity index (χ0) is 13.1. The molecule has 1 heterocycles. The highest BCUT2D eigenvalue weighted by Crippen LogP contribution is 2.55. The van der Waals surface area contributed by atoms with Gasteiger partial charge in [-0.25, -0.2) is 0 Å². The Labute approximate surface area is 102 Å². The van der Waals surface area contributed by atoms with Crippen molar-refractivity contribution in [2.75, 3.05) is 13.1 Å². The number of piperidine rings is 1. The summed E-state index contributed by atoms with van der Waals surface area (Å²) in [5.41, 5.74) is 0. The minimum Gasteiger partial charge on any atom is -0.342 e. The first-order valence-corrected chi connectivity index (χ1v) is 7.85. The molecule has 0 aromatic heterocycles. The van der Waals surface area contributed by atoms with Gasteiger partial charge in [-0.2, -0.15) is 0 Å². The molecule has 0 unspecified atom stereocenters. The molecule has 0 aromatic rings. The molecule has 5 nitrogen and oxygen atoms in total. The number of hydrogen-bond acceptors (Lipinski definition) is 2. The predicted octanol–water partition coefficient (Wildman–Crippen LogP) is 1.74. The van der Waals surface area contributed by atoms with Crippen molar-refractivity contribution in [3.8, 4) is 0 Å². The maximum absolute atomic E-state index is 12.4. The van der Waals surface area contributed by atoms with Crippen molar-refractivity contribution in [2.24, 2.45) is 0 Å². The van der Waals surface area contributed by atoms with Gasteiger partial charge in [0.2, 0.25) is 5.91 Å². The van der Waals surface area contributed by atoms with Crippen LogP contribution in [-0.2, 0) is 9.36 Å². The lowest BCUT2D eigenvalue weighted by Gasteiger charge is -2.37. The summed E-state index contributed by atoms with van der Waals surface area (Å²) in [4.78, 5) is 33.0. The zero-order valence-electron chi connectivity index (χ0n) is 10.6. The fourth-order valence-corrected chi connectivity index (χ4v) is 3.69. The molecule has 0 spiro atoms. The molecule has 0 bridgehead atoms. The van der Waals surface area contributed by atoms with E-state index in [0.29, 0.717) is 13.1 Å². The average molecular weight is 263 g/mol. The third kappa shape index (κ3) is 2.72. The molecule has 2 N–H and O–H groups in total. The number of nitrogens with zero attached hydrogens (tertiary/aromatic N) is 1. The van der Waals surface area contributed by atoms with Crippen LogP contribution in [0, 0.1) is 0 Å². The fraction of sp³-hybridized carbons (Fsp3) is 0.909. The molecule has 1 aliphatic rings. The first-order valence-electron chi connectivity index (χ1n) is 6.24. The van der Waals surface area contributed by atoms with Gasteiger partial charge in [0.25, 0.3) is 0 Å². The standard InChI is InChI=1S/C11H22NO4P/c1-3-11(4-2,17(14,15)16)10(13)12-8-6-5-7-9-12/h3-9H2,1-2H3,(H2,14,15,16). The Hall–Kier alpha value is -0.380. The second kappa shape index (κ2) is 5.51. The molecule has 0 aromatic carbocycles. The summed E-state index contributed by atoms with van der Waals surface area (Å²) in [6.07, 6.45) is 3.31. The summed E-state index contributed by atoms with van der Waals surface area (Å²) in [7, 11) is -4.42. The van der Waals surface area contributed by atoms with E-state index in [-0.39, 0.29) is 18.7 Å². The molecule has 0 saturated carbocycles. The molecule has 1 saturated heterocycles. The van der Waals surface area contributed by atoms with Gasteiger partial charge >= 0.3 is 7.60 Å². The maximum Gasteiger partial charge on any atom is 0.340 e. The Morgan fingerprint density at radius 2 is 1.65 bits per heavy atom. The van der Waals surface area contributed by atoms with Crippen LogP contribution < -0.4 is 0 Å². The van der Waals surface area contributed by atoms with Crippen LogP contribution in [0.1, 0.15) is 46.0 Å².